The van der Waals surface area contributed by atoms with Gasteiger partial charge in [-0.1, -0.05) is 70.5 Å². The maximum Gasteiger partial charge on any atom is 0.245 e. The summed E-state index contributed by atoms with van der Waals surface area (Å²) >= 11 is 3.73. The quantitative estimate of drug-likeness (QED) is 0.160. The number of benzene rings is 5. The molecule has 8 rings (SSSR count). The number of imidazole rings is 1. The van der Waals surface area contributed by atoms with Gasteiger partial charge in [-0.15, -0.1) is 0 Å². The van der Waals surface area contributed by atoms with Crippen molar-refractivity contribution >= 4 is 43.4 Å². The Morgan fingerprint density at radius 1 is 0.844 bits per heavy atom. The number of ether oxygens (including phenoxy) is 1. The van der Waals surface area contributed by atoms with E-state index in [1.165, 1.54) is 60.9 Å². The number of hydrogen-bond acceptors (Lipinski definition) is 2. The molecule has 5 heteroatoms. The van der Waals surface area contributed by atoms with Crippen molar-refractivity contribution < 1.29 is 9.30 Å². The minimum atomic E-state index is 0.424. The number of methoxy groups -OCH3 is 1. The van der Waals surface area contributed by atoms with Gasteiger partial charge in [0, 0.05) is 29.9 Å². The number of fused-ring (bicyclic) bond motifs is 7. The fourth-order valence-electron chi connectivity index (χ4n) is 7.97. The monoisotopic (exact) mass is 656 g/mol. The second-order valence-electron chi connectivity index (χ2n) is 13.0. The summed E-state index contributed by atoms with van der Waals surface area (Å²) in [6.07, 6.45) is 4.53. The summed E-state index contributed by atoms with van der Waals surface area (Å²) in [4.78, 5) is 2.61. The summed E-state index contributed by atoms with van der Waals surface area (Å²) in [5.74, 6) is 1.99. The maximum atomic E-state index is 5.98. The first-order chi connectivity index (χ1) is 22.0. The van der Waals surface area contributed by atoms with Gasteiger partial charge in [0.15, 0.2) is 11.0 Å². The largest absolute Gasteiger partial charge is 0.495 e. The Balaban J connectivity index is 1.08. The summed E-state index contributed by atoms with van der Waals surface area (Å²) in [6.45, 7) is 8.31. The first-order valence-electron chi connectivity index (χ1n) is 16.1. The highest BCUT2D eigenvalue weighted by Crippen LogP contribution is 2.52. The van der Waals surface area contributed by atoms with Crippen molar-refractivity contribution in [2.45, 2.75) is 45.7 Å². The van der Waals surface area contributed by atoms with Gasteiger partial charge >= 0.3 is 0 Å². The van der Waals surface area contributed by atoms with Crippen LogP contribution >= 0.6 is 15.9 Å². The van der Waals surface area contributed by atoms with Crippen molar-refractivity contribution in [3.63, 3.8) is 0 Å². The van der Waals surface area contributed by atoms with Gasteiger partial charge in [0.05, 0.1) is 19.3 Å². The zero-order valence-electron chi connectivity index (χ0n) is 26.3. The molecule has 0 amide bonds. The minimum Gasteiger partial charge on any atom is -0.495 e. The molecule has 5 aromatic carbocycles. The Kier molecular flexibility index (Phi) is 7.17. The van der Waals surface area contributed by atoms with Crippen molar-refractivity contribution in [1.29, 1.82) is 0 Å². The van der Waals surface area contributed by atoms with Crippen molar-refractivity contribution in [3.8, 4) is 5.75 Å². The summed E-state index contributed by atoms with van der Waals surface area (Å²) in [6, 6.07) is 33.7. The summed E-state index contributed by atoms with van der Waals surface area (Å²) < 4.78 is 12.0. The predicted octanol–water partition coefficient (Wildman–Crippen LogP) is 8.73. The third-order valence-corrected chi connectivity index (χ3v) is 10.7. The molecule has 0 fully saturated rings. The van der Waals surface area contributed by atoms with Crippen LogP contribution in [0.4, 0.5) is 5.69 Å². The maximum absolute atomic E-state index is 5.98. The molecule has 4 nitrogen and oxygen atoms in total. The number of anilines is 1. The summed E-state index contributed by atoms with van der Waals surface area (Å²) in [5.41, 5.74) is 12.3. The fraction of sp³-hybridized carbons (Fsp3) is 0.275. The molecule has 0 saturated heterocycles. The van der Waals surface area contributed by atoms with Crippen molar-refractivity contribution in [2.75, 3.05) is 25.1 Å². The van der Waals surface area contributed by atoms with E-state index >= 15 is 0 Å². The van der Waals surface area contributed by atoms with E-state index < -0.39 is 0 Å². The van der Waals surface area contributed by atoms with E-state index in [0.717, 1.165) is 49.2 Å². The molecule has 2 atom stereocenters. The topological polar surface area (TPSA) is 21.3 Å². The number of halogens is 1. The molecule has 1 aliphatic carbocycles. The molecule has 0 saturated carbocycles. The first-order valence-corrected chi connectivity index (χ1v) is 16.9. The van der Waals surface area contributed by atoms with E-state index in [9.17, 15) is 0 Å². The number of aryl methyl sites for hydroxylation is 3. The second kappa shape index (κ2) is 11.4. The molecule has 0 radical (unpaired) electrons. The zero-order valence-corrected chi connectivity index (χ0v) is 27.8. The van der Waals surface area contributed by atoms with E-state index in [0.29, 0.717) is 11.8 Å². The van der Waals surface area contributed by atoms with E-state index in [-0.39, 0.29) is 0 Å². The van der Waals surface area contributed by atoms with Gasteiger partial charge in [-0.25, -0.2) is 9.13 Å². The smallest absolute Gasteiger partial charge is 0.245 e. The third-order valence-electron chi connectivity index (χ3n) is 10.2. The number of para-hydroxylation sites is 1. The van der Waals surface area contributed by atoms with Gasteiger partial charge in [0.25, 0.3) is 0 Å². The molecule has 226 valence electrons. The lowest BCUT2D eigenvalue weighted by atomic mass is 9.81. The Hall–Kier alpha value is -4.09. The number of nitrogens with zero attached hydrogens (tertiary/aromatic N) is 3. The summed E-state index contributed by atoms with van der Waals surface area (Å²) in [7, 11) is 1.81. The van der Waals surface area contributed by atoms with Gasteiger partial charge in [-0.05, 0) is 107 Å². The lowest BCUT2D eigenvalue weighted by Crippen LogP contribution is -2.38. The Labute approximate surface area is 274 Å². The predicted molar refractivity (Wildman–Crippen MR) is 188 cm³/mol. The lowest BCUT2D eigenvalue weighted by molar-refractivity contribution is -0.663. The molecule has 1 aromatic heterocycles. The summed E-state index contributed by atoms with van der Waals surface area (Å²) in [5, 5.41) is 2.58. The molecule has 6 aromatic rings. The molecular formula is C40H39BrN3O+. The molecule has 2 heterocycles. The molecule has 0 N–H and O–H groups in total. The average molecular weight is 658 g/mol. The Bertz CT molecular complexity index is 2080. The molecule has 2 aliphatic rings. The van der Waals surface area contributed by atoms with Gasteiger partial charge < -0.3 is 9.64 Å². The molecule has 0 bridgehead atoms. The van der Waals surface area contributed by atoms with Gasteiger partial charge in [-0.3, -0.25) is 0 Å². The van der Waals surface area contributed by atoms with Crippen LogP contribution < -0.4 is 14.2 Å². The zero-order chi connectivity index (χ0) is 30.7. The van der Waals surface area contributed by atoms with Crippen LogP contribution in [-0.2, 0) is 19.5 Å². The van der Waals surface area contributed by atoms with E-state index in [2.05, 4.69) is 141 Å². The molecule has 1 aliphatic heterocycles. The van der Waals surface area contributed by atoms with Gasteiger partial charge in [0.1, 0.15) is 12.3 Å². The Morgan fingerprint density at radius 2 is 1.69 bits per heavy atom. The highest BCUT2D eigenvalue weighted by molar-refractivity contribution is 9.10. The van der Waals surface area contributed by atoms with E-state index in [4.69, 9.17) is 4.74 Å². The van der Waals surface area contributed by atoms with Gasteiger partial charge in [-0.2, -0.15) is 0 Å². The third kappa shape index (κ3) is 5.02. The van der Waals surface area contributed by atoms with Crippen LogP contribution in [0.2, 0.25) is 0 Å². The molecule has 0 spiro atoms. The van der Waals surface area contributed by atoms with Crippen LogP contribution in [0.15, 0.2) is 102 Å². The van der Waals surface area contributed by atoms with Crippen LogP contribution in [0.1, 0.15) is 45.7 Å². The van der Waals surface area contributed by atoms with Crippen LogP contribution in [0.3, 0.4) is 0 Å². The van der Waals surface area contributed by atoms with Crippen molar-refractivity contribution in [2.24, 2.45) is 5.92 Å². The van der Waals surface area contributed by atoms with Crippen LogP contribution in [-0.4, -0.2) is 24.8 Å². The minimum absolute atomic E-state index is 0.424. The normalized spacial score (nSPS) is 17.0. The number of hydrogen-bond donors (Lipinski definition) is 0. The van der Waals surface area contributed by atoms with E-state index in [1.54, 1.807) is 0 Å². The Morgan fingerprint density at radius 3 is 2.56 bits per heavy atom. The number of rotatable bonds is 7. The standard InChI is InChI=1S/C40H39BrN3O/c1-26-18-36-37(19-27(26)2)44(23-28-12-13-29-8-4-5-9-30(29)20-28)25-43(36)17-7-16-42-24-32-21-31-14-15-33(41)22-35(31)39(32)34-10-6-11-38(45-3)40(34)42/h4-6,8-15,18-20,22,25,32,39H,7,16-17,21,23-24H2,1-3H3/q+1/t32-,39-/m0/s1. The van der Waals surface area contributed by atoms with Crippen LogP contribution in [0.5, 0.6) is 5.75 Å². The SMILES string of the molecule is COc1cccc2c1N(CCCn1c[n+](Cc3ccc4ccccc4c3)c3cc(C)c(C)cc31)C[C@@H]1Cc3ccc(Br)cc3[C@H]21. The molecular weight excluding hydrogens is 618 g/mol. The van der Waals surface area contributed by atoms with Gasteiger partial charge in [0.2, 0.25) is 6.33 Å². The lowest BCUT2D eigenvalue weighted by Gasteiger charge is -2.39. The first kappa shape index (κ1) is 28.4. The van der Waals surface area contributed by atoms with E-state index in [1.807, 2.05) is 7.11 Å². The van der Waals surface area contributed by atoms with Crippen LogP contribution in [0, 0.1) is 19.8 Å². The number of aromatic nitrogens is 2. The fourth-order valence-corrected chi connectivity index (χ4v) is 8.34. The average Bonchev–Trinajstić information content (AvgIpc) is 3.57. The molecule has 45 heavy (non-hydrogen) atoms. The highest BCUT2D eigenvalue weighted by atomic mass is 79.9. The van der Waals surface area contributed by atoms with Crippen molar-refractivity contribution in [3.05, 3.63) is 135 Å². The molecule has 0 unspecified atom stereocenters. The van der Waals surface area contributed by atoms with Crippen LogP contribution in [0.25, 0.3) is 21.8 Å². The second-order valence-corrected chi connectivity index (χ2v) is 13.9. The highest BCUT2D eigenvalue weighted by Gasteiger charge is 2.41. The van der Waals surface area contributed by atoms with Crippen molar-refractivity contribution in [1.82, 2.24) is 4.57 Å².